The lowest BCUT2D eigenvalue weighted by Crippen LogP contribution is -2.45. The normalized spacial score (nSPS) is 21.8. The van der Waals surface area contributed by atoms with Crippen LogP contribution in [0.15, 0.2) is 30.6 Å². The standard InChI is InChI=1S/C20H23F3N4O3/c1-12-6-5-7-15(13(12)2)26-17(28)11-30-19(29)14-10-25-27(18(14)20(21,22)23)16-8-3-4-9-24-16/h3-4,8-10,12-13,15H,5-7,11H2,1-2H3,(H,26,28)/t12-,13+,15-/m1/s1. The van der Waals surface area contributed by atoms with Crippen molar-refractivity contribution in [3.8, 4) is 5.82 Å². The van der Waals surface area contributed by atoms with E-state index in [1.165, 1.54) is 18.3 Å². The molecule has 2 heterocycles. The largest absolute Gasteiger partial charge is 0.452 e. The Labute approximate surface area is 171 Å². The molecule has 0 aliphatic heterocycles. The summed E-state index contributed by atoms with van der Waals surface area (Å²) in [5, 5.41) is 6.46. The van der Waals surface area contributed by atoms with Gasteiger partial charge in [-0.2, -0.15) is 18.3 Å². The second-order valence-electron chi connectivity index (χ2n) is 7.52. The molecule has 7 nitrogen and oxygen atoms in total. The number of pyridine rings is 1. The van der Waals surface area contributed by atoms with E-state index in [-0.39, 0.29) is 17.8 Å². The summed E-state index contributed by atoms with van der Waals surface area (Å²) in [4.78, 5) is 28.3. The van der Waals surface area contributed by atoms with Crippen LogP contribution in [0.25, 0.3) is 5.82 Å². The second-order valence-corrected chi connectivity index (χ2v) is 7.52. The van der Waals surface area contributed by atoms with Crippen molar-refractivity contribution in [2.45, 2.75) is 45.3 Å². The van der Waals surface area contributed by atoms with Crippen LogP contribution in [0.3, 0.4) is 0 Å². The van der Waals surface area contributed by atoms with Gasteiger partial charge in [-0.15, -0.1) is 0 Å². The van der Waals surface area contributed by atoms with E-state index in [0.29, 0.717) is 10.6 Å². The van der Waals surface area contributed by atoms with Gasteiger partial charge in [-0.05, 0) is 30.4 Å². The van der Waals surface area contributed by atoms with Crippen molar-refractivity contribution >= 4 is 11.9 Å². The van der Waals surface area contributed by atoms with Crippen LogP contribution in [0.2, 0.25) is 0 Å². The first-order valence-corrected chi connectivity index (χ1v) is 9.71. The molecule has 0 spiro atoms. The summed E-state index contributed by atoms with van der Waals surface area (Å²) >= 11 is 0. The number of aromatic nitrogens is 3. The third-order valence-corrected chi connectivity index (χ3v) is 5.51. The zero-order chi connectivity index (χ0) is 21.9. The number of carbonyl (C=O) groups is 2. The Balaban J connectivity index is 1.70. The summed E-state index contributed by atoms with van der Waals surface area (Å²) in [5.74, 6) is -1.18. The number of esters is 1. The highest BCUT2D eigenvalue weighted by Gasteiger charge is 2.41. The van der Waals surface area contributed by atoms with Crippen molar-refractivity contribution in [2.24, 2.45) is 11.8 Å². The maximum absolute atomic E-state index is 13.6. The van der Waals surface area contributed by atoms with Gasteiger partial charge in [0, 0.05) is 12.2 Å². The smallest absolute Gasteiger partial charge is 0.434 e. The quantitative estimate of drug-likeness (QED) is 0.744. The molecule has 30 heavy (non-hydrogen) atoms. The number of nitrogens with one attached hydrogen (secondary N) is 1. The number of hydrogen-bond acceptors (Lipinski definition) is 5. The van der Waals surface area contributed by atoms with Crippen molar-refractivity contribution in [2.75, 3.05) is 6.61 Å². The Morgan fingerprint density at radius 1 is 1.27 bits per heavy atom. The number of alkyl halides is 3. The topological polar surface area (TPSA) is 86.1 Å². The van der Waals surface area contributed by atoms with Crippen LogP contribution < -0.4 is 5.32 Å². The fourth-order valence-electron chi connectivity index (χ4n) is 3.67. The Morgan fingerprint density at radius 2 is 2.03 bits per heavy atom. The number of carbonyl (C=O) groups excluding carboxylic acids is 2. The van der Waals surface area contributed by atoms with Crippen LogP contribution in [0.1, 0.15) is 49.2 Å². The molecule has 0 aromatic carbocycles. The molecule has 3 atom stereocenters. The third kappa shape index (κ3) is 4.80. The van der Waals surface area contributed by atoms with Gasteiger partial charge in [-0.25, -0.2) is 14.5 Å². The van der Waals surface area contributed by atoms with Crippen LogP contribution >= 0.6 is 0 Å². The molecule has 10 heteroatoms. The third-order valence-electron chi connectivity index (χ3n) is 5.51. The van der Waals surface area contributed by atoms with Crippen molar-refractivity contribution < 1.29 is 27.5 Å². The molecule has 3 rings (SSSR count). The van der Waals surface area contributed by atoms with Crippen LogP contribution in [0, 0.1) is 11.8 Å². The number of nitrogens with zero attached hydrogens (tertiary/aromatic N) is 3. The maximum atomic E-state index is 13.6. The maximum Gasteiger partial charge on any atom is 0.434 e. The predicted octanol–water partition coefficient (Wildman–Crippen LogP) is 3.38. The van der Waals surface area contributed by atoms with Gasteiger partial charge >= 0.3 is 12.1 Å². The first-order chi connectivity index (χ1) is 14.2. The first-order valence-electron chi connectivity index (χ1n) is 9.71. The Bertz CT molecular complexity index is 898. The minimum absolute atomic E-state index is 0.0439. The summed E-state index contributed by atoms with van der Waals surface area (Å²) in [6.07, 6.45) is 0.0920. The van der Waals surface area contributed by atoms with Crippen LogP contribution in [0.4, 0.5) is 13.2 Å². The molecule has 2 aromatic rings. The number of ether oxygens (including phenoxy) is 1. The van der Waals surface area contributed by atoms with E-state index in [9.17, 15) is 22.8 Å². The number of amides is 1. The lowest BCUT2D eigenvalue weighted by molar-refractivity contribution is -0.143. The zero-order valence-electron chi connectivity index (χ0n) is 16.6. The SMILES string of the molecule is C[C@H]1[C@H](C)CCC[C@H]1NC(=O)COC(=O)c1cnn(-c2ccccn2)c1C(F)(F)F. The molecule has 1 saturated carbocycles. The molecule has 1 N–H and O–H groups in total. The van der Waals surface area contributed by atoms with Crippen molar-refractivity contribution in [1.29, 1.82) is 0 Å². The van der Waals surface area contributed by atoms with Gasteiger partial charge in [0.2, 0.25) is 0 Å². The fourth-order valence-corrected chi connectivity index (χ4v) is 3.67. The summed E-state index contributed by atoms with van der Waals surface area (Å²) in [7, 11) is 0. The van der Waals surface area contributed by atoms with E-state index in [2.05, 4.69) is 22.3 Å². The molecule has 1 amide bonds. The van der Waals surface area contributed by atoms with E-state index in [1.807, 2.05) is 6.92 Å². The van der Waals surface area contributed by atoms with E-state index in [1.54, 1.807) is 6.07 Å². The van der Waals surface area contributed by atoms with Gasteiger partial charge in [0.1, 0.15) is 5.56 Å². The van der Waals surface area contributed by atoms with Gasteiger partial charge in [-0.1, -0.05) is 32.8 Å². The molecule has 0 bridgehead atoms. The van der Waals surface area contributed by atoms with Crippen molar-refractivity contribution in [3.63, 3.8) is 0 Å². The number of hydrogen-bond donors (Lipinski definition) is 1. The molecule has 1 aliphatic rings. The molecule has 0 saturated heterocycles. The van der Waals surface area contributed by atoms with E-state index in [0.717, 1.165) is 25.5 Å². The van der Waals surface area contributed by atoms with Crippen molar-refractivity contribution in [3.05, 3.63) is 41.9 Å². The molecule has 1 fully saturated rings. The van der Waals surface area contributed by atoms with Crippen LogP contribution in [0.5, 0.6) is 0 Å². The predicted molar refractivity (Wildman–Crippen MR) is 101 cm³/mol. The lowest BCUT2D eigenvalue weighted by Gasteiger charge is -2.34. The average molecular weight is 424 g/mol. The fraction of sp³-hybridized carbons (Fsp3) is 0.500. The molecule has 162 valence electrons. The Kier molecular flexibility index (Phi) is 6.42. The zero-order valence-corrected chi connectivity index (χ0v) is 16.6. The van der Waals surface area contributed by atoms with E-state index < -0.39 is 35.9 Å². The summed E-state index contributed by atoms with van der Waals surface area (Å²) < 4.78 is 46.2. The highest BCUT2D eigenvalue weighted by Crippen LogP contribution is 2.33. The summed E-state index contributed by atoms with van der Waals surface area (Å²) in [6.45, 7) is 3.49. The molecular weight excluding hydrogens is 401 g/mol. The van der Waals surface area contributed by atoms with Gasteiger partial charge in [0.25, 0.3) is 5.91 Å². The molecular formula is C20H23F3N4O3. The number of halogens is 3. The minimum atomic E-state index is -4.88. The van der Waals surface area contributed by atoms with Crippen LogP contribution in [-0.4, -0.2) is 39.3 Å². The molecule has 1 aliphatic carbocycles. The van der Waals surface area contributed by atoms with Gasteiger partial charge in [-0.3, -0.25) is 4.79 Å². The van der Waals surface area contributed by atoms with Gasteiger partial charge < -0.3 is 10.1 Å². The average Bonchev–Trinajstić information content (AvgIpc) is 3.16. The van der Waals surface area contributed by atoms with E-state index >= 15 is 0 Å². The summed E-state index contributed by atoms with van der Waals surface area (Å²) in [6, 6.07) is 4.33. The van der Waals surface area contributed by atoms with Crippen LogP contribution in [-0.2, 0) is 15.7 Å². The lowest BCUT2D eigenvalue weighted by atomic mass is 9.78. The first kappa shape index (κ1) is 21.8. The van der Waals surface area contributed by atoms with Crippen molar-refractivity contribution in [1.82, 2.24) is 20.1 Å². The Hall–Kier alpha value is -2.91. The minimum Gasteiger partial charge on any atom is -0.452 e. The van der Waals surface area contributed by atoms with Gasteiger partial charge in [0.15, 0.2) is 18.1 Å². The summed E-state index contributed by atoms with van der Waals surface area (Å²) in [5.41, 5.74) is -2.08. The number of rotatable bonds is 5. The molecule has 2 aromatic heterocycles. The second kappa shape index (κ2) is 8.85. The highest BCUT2D eigenvalue weighted by atomic mass is 19.4. The molecule has 0 radical (unpaired) electrons. The Morgan fingerprint density at radius 3 is 2.70 bits per heavy atom. The molecule has 0 unspecified atom stereocenters. The highest BCUT2D eigenvalue weighted by molar-refractivity contribution is 5.92. The van der Waals surface area contributed by atoms with E-state index in [4.69, 9.17) is 4.74 Å². The van der Waals surface area contributed by atoms with Gasteiger partial charge in [0.05, 0.1) is 6.20 Å². The monoisotopic (exact) mass is 424 g/mol.